The van der Waals surface area contributed by atoms with E-state index in [1.807, 2.05) is 23.6 Å². The van der Waals surface area contributed by atoms with Crippen LogP contribution in [-0.2, 0) is 4.79 Å². The number of aliphatic carboxylic acids is 1. The molecule has 0 atom stereocenters. The average molecular weight is 396 g/mol. The van der Waals surface area contributed by atoms with Gasteiger partial charge in [0.1, 0.15) is 0 Å². The third kappa shape index (κ3) is 4.70. The summed E-state index contributed by atoms with van der Waals surface area (Å²) < 4.78 is 0. The van der Waals surface area contributed by atoms with Crippen LogP contribution < -0.4 is 10.2 Å². The monoisotopic (exact) mass is 395 g/mol. The van der Waals surface area contributed by atoms with Crippen molar-refractivity contribution in [1.29, 1.82) is 0 Å². The van der Waals surface area contributed by atoms with Gasteiger partial charge in [-0.3, -0.25) is 9.69 Å². The second-order valence-electron chi connectivity index (χ2n) is 7.34. The van der Waals surface area contributed by atoms with Crippen molar-refractivity contribution in [3.63, 3.8) is 0 Å². The zero-order valence-electron chi connectivity index (χ0n) is 16.3. The number of nitrogens with zero attached hydrogens (tertiary/aromatic N) is 4. The number of hydrogen-bond donors (Lipinski definition) is 2. The number of carbonyl (C=O) groups excluding carboxylic acids is 1. The highest BCUT2D eigenvalue weighted by atomic mass is 32.1. The average Bonchev–Trinajstić information content (AvgIpc) is 2.94. The van der Waals surface area contributed by atoms with Crippen LogP contribution in [0, 0.1) is 13.8 Å². The molecule has 2 N–H and O–H groups in total. The van der Waals surface area contributed by atoms with Crippen molar-refractivity contribution in [3.05, 3.63) is 10.6 Å². The minimum Gasteiger partial charge on any atom is -0.480 e. The van der Waals surface area contributed by atoms with Crippen LogP contribution in [0.25, 0.3) is 0 Å². The molecule has 0 bridgehead atoms. The molecule has 1 aromatic rings. The lowest BCUT2D eigenvalue weighted by Gasteiger charge is -2.43. The molecule has 2 heterocycles. The number of hydrogen-bond acceptors (Lipinski definition) is 6. The number of urea groups is 1. The first-order valence-electron chi connectivity index (χ1n) is 9.57. The van der Waals surface area contributed by atoms with Crippen molar-refractivity contribution in [3.8, 4) is 0 Å². The molecule has 1 aliphatic carbocycles. The summed E-state index contributed by atoms with van der Waals surface area (Å²) in [6.07, 6.45) is 1.65. The van der Waals surface area contributed by atoms with E-state index in [1.165, 1.54) is 4.88 Å². The van der Waals surface area contributed by atoms with Gasteiger partial charge in [-0.2, -0.15) is 0 Å². The number of piperazine rings is 1. The van der Waals surface area contributed by atoms with Gasteiger partial charge in [0.05, 0.1) is 12.2 Å². The first kappa shape index (κ1) is 19.9. The third-order valence-corrected chi connectivity index (χ3v) is 6.69. The van der Waals surface area contributed by atoms with Crippen LogP contribution in [0.15, 0.2) is 0 Å². The maximum atomic E-state index is 12.5. The maximum absolute atomic E-state index is 12.5. The van der Waals surface area contributed by atoms with E-state index in [2.05, 4.69) is 22.1 Å². The van der Waals surface area contributed by atoms with Crippen LogP contribution in [0.1, 0.15) is 30.3 Å². The predicted octanol–water partition coefficient (Wildman–Crippen LogP) is 1.53. The van der Waals surface area contributed by atoms with E-state index in [-0.39, 0.29) is 24.7 Å². The molecule has 2 fully saturated rings. The van der Waals surface area contributed by atoms with E-state index >= 15 is 0 Å². The molecule has 1 saturated carbocycles. The Morgan fingerprint density at radius 1 is 1.26 bits per heavy atom. The highest BCUT2D eigenvalue weighted by Gasteiger charge is 2.35. The Balaban J connectivity index is 1.41. The first-order chi connectivity index (χ1) is 12.9. The summed E-state index contributed by atoms with van der Waals surface area (Å²) in [6, 6.07) is 0.392. The van der Waals surface area contributed by atoms with E-state index in [4.69, 9.17) is 5.11 Å². The Kier molecular flexibility index (Phi) is 6.21. The number of amides is 2. The number of anilines is 1. The molecular weight excluding hydrogens is 366 g/mol. The second kappa shape index (κ2) is 8.43. The lowest BCUT2D eigenvalue weighted by molar-refractivity contribution is -0.139. The van der Waals surface area contributed by atoms with Gasteiger partial charge in [0.15, 0.2) is 5.13 Å². The summed E-state index contributed by atoms with van der Waals surface area (Å²) in [4.78, 5) is 35.3. The molecular formula is C18H29N5O3S. The molecule has 0 aromatic carbocycles. The van der Waals surface area contributed by atoms with Crippen molar-refractivity contribution in [2.45, 2.75) is 45.7 Å². The zero-order chi connectivity index (χ0) is 19.6. The van der Waals surface area contributed by atoms with Gasteiger partial charge < -0.3 is 20.2 Å². The van der Waals surface area contributed by atoms with Crippen molar-refractivity contribution in [2.24, 2.45) is 0 Å². The highest BCUT2D eigenvalue weighted by molar-refractivity contribution is 7.15. The number of carbonyl (C=O) groups is 2. The van der Waals surface area contributed by atoms with Gasteiger partial charge in [-0.1, -0.05) is 6.92 Å². The topological polar surface area (TPSA) is 89.0 Å². The van der Waals surface area contributed by atoms with E-state index in [9.17, 15) is 9.59 Å². The van der Waals surface area contributed by atoms with Crippen molar-refractivity contribution >= 4 is 28.5 Å². The van der Waals surface area contributed by atoms with Gasteiger partial charge >= 0.3 is 12.0 Å². The number of aromatic nitrogens is 1. The number of carboxylic acid groups (broad SMARTS) is 1. The molecule has 8 nitrogen and oxygen atoms in total. The van der Waals surface area contributed by atoms with Gasteiger partial charge in [-0.05, 0) is 33.2 Å². The zero-order valence-corrected chi connectivity index (χ0v) is 17.1. The van der Waals surface area contributed by atoms with E-state index in [0.717, 1.165) is 43.3 Å². The normalized spacial score (nSPS) is 22.7. The summed E-state index contributed by atoms with van der Waals surface area (Å²) in [5.41, 5.74) is 1.08. The highest BCUT2D eigenvalue weighted by Crippen LogP contribution is 2.27. The molecule has 0 radical (unpaired) electrons. The van der Waals surface area contributed by atoms with Gasteiger partial charge in [0.25, 0.3) is 0 Å². The maximum Gasteiger partial charge on any atom is 0.317 e. The molecule has 0 unspecified atom stereocenters. The Morgan fingerprint density at radius 3 is 2.44 bits per heavy atom. The Bertz CT molecular complexity index is 661. The van der Waals surface area contributed by atoms with Crippen LogP contribution in [0.2, 0.25) is 0 Å². The molecule has 2 amide bonds. The van der Waals surface area contributed by atoms with Crippen molar-refractivity contribution in [1.82, 2.24) is 20.1 Å². The number of nitrogens with one attached hydrogen (secondary N) is 1. The van der Waals surface area contributed by atoms with Crippen molar-refractivity contribution < 1.29 is 14.7 Å². The van der Waals surface area contributed by atoms with Crippen molar-refractivity contribution in [2.75, 3.05) is 44.2 Å². The predicted molar refractivity (Wildman–Crippen MR) is 106 cm³/mol. The molecule has 150 valence electrons. The minimum atomic E-state index is -0.798. The van der Waals surface area contributed by atoms with E-state index < -0.39 is 5.97 Å². The fourth-order valence-corrected chi connectivity index (χ4v) is 4.60. The lowest BCUT2D eigenvalue weighted by atomic mass is 9.85. The first-order valence-corrected chi connectivity index (χ1v) is 10.4. The van der Waals surface area contributed by atoms with Gasteiger partial charge in [-0.15, -0.1) is 11.3 Å². The molecule has 1 saturated heterocycles. The Morgan fingerprint density at radius 2 is 1.93 bits per heavy atom. The van der Waals surface area contributed by atoms with Gasteiger partial charge in [-0.25, -0.2) is 9.78 Å². The largest absolute Gasteiger partial charge is 0.480 e. The molecule has 1 aromatic heterocycles. The SMILES string of the molecule is CCN(CC(=O)O)C1CC(NC(=O)N2CCN(c3nc(C)c(C)s3)CC2)C1. The number of carboxylic acids is 1. The standard InChI is InChI=1S/C18H29N5O3S/c1-4-21(11-16(24)25)15-9-14(10-15)20-17(26)22-5-7-23(8-6-22)18-19-12(2)13(3)27-18/h14-15H,4-11H2,1-3H3,(H,20,26)(H,24,25). The number of thiazole rings is 1. The molecule has 9 heteroatoms. The summed E-state index contributed by atoms with van der Waals surface area (Å²) in [5.74, 6) is -0.798. The summed E-state index contributed by atoms with van der Waals surface area (Å²) >= 11 is 1.71. The summed E-state index contributed by atoms with van der Waals surface area (Å²) in [6.45, 7) is 9.86. The molecule has 2 aliphatic rings. The Labute approximate surface area is 164 Å². The second-order valence-corrected chi connectivity index (χ2v) is 8.52. The van der Waals surface area contributed by atoms with Crippen LogP contribution in [0.3, 0.4) is 0 Å². The van der Waals surface area contributed by atoms with Gasteiger partial charge in [0.2, 0.25) is 0 Å². The number of aryl methyl sites for hydroxylation is 2. The van der Waals surface area contributed by atoms with E-state index in [0.29, 0.717) is 13.1 Å². The molecule has 0 spiro atoms. The Hall–Kier alpha value is -1.87. The quantitative estimate of drug-likeness (QED) is 0.759. The number of rotatable bonds is 6. The van der Waals surface area contributed by atoms with E-state index in [1.54, 1.807) is 11.3 Å². The van der Waals surface area contributed by atoms with Crippen LogP contribution >= 0.6 is 11.3 Å². The van der Waals surface area contributed by atoms with Crippen LogP contribution in [-0.4, -0.2) is 83.2 Å². The fourth-order valence-electron chi connectivity index (χ4n) is 3.63. The molecule has 3 rings (SSSR count). The minimum absolute atomic E-state index is 0.00844. The van der Waals surface area contributed by atoms with Gasteiger partial charge in [0, 0.05) is 43.1 Å². The van der Waals surface area contributed by atoms with Crippen LogP contribution in [0.4, 0.5) is 9.93 Å². The smallest absolute Gasteiger partial charge is 0.317 e. The lowest BCUT2D eigenvalue weighted by Crippen LogP contribution is -2.59. The third-order valence-electron chi connectivity index (χ3n) is 5.56. The molecule has 27 heavy (non-hydrogen) atoms. The summed E-state index contributed by atoms with van der Waals surface area (Å²) in [7, 11) is 0. The summed E-state index contributed by atoms with van der Waals surface area (Å²) in [5, 5.41) is 13.1. The van der Waals surface area contributed by atoms with Crippen LogP contribution in [0.5, 0.6) is 0 Å². The number of likely N-dealkylation sites (N-methyl/N-ethyl adjacent to an activating group) is 1. The molecule has 1 aliphatic heterocycles. The fraction of sp³-hybridized carbons (Fsp3) is 0.722.